The van der Waals surface area contributed by atoms with Gasteiger partial charge in [0.2, 0.25) is 5.88 Å². The van der Waals surface area contributed by atoms with Gasteiger partial charge < -0.3 is 20.1 Å². The third-order valence-corrected chi connectivity index (χ3v) is 4.34. The van der Waals surface area contributed by atoms with Crippen LogP contribution >= 0.6 is 0 Å². The predicted octanol–water partition coefficient (Wildman–Crippen LogP) is 2.89. The minimum atomic E-state index is 0.275. The zero-order valence-electron chi connectivity index (χ0n) is 15.9. The van der Waals surface area contributed by atoms with Crippen molar-refractivity contribution >= 4 is 5.96 Å². The zero-order chi connectivity index (χ0) is 18.7. The van der Waals surface area contributed by atoms with Crippen molar-refractivity contribution < 1.29 is 9.47 Å². The largest absolute Gasteiger partial charge is 0.473 e. The molecule has 1 aromatic carbocycles. The summed E-state index contributed by atoms with van der Waals surface area (Å²) in [6.07, 6.45) is 4.26. The molecule has 1 fully saturated rings. The van der Waals surface area contributed by atoms with Crippen LogP contribution in [0, 0.1) is 0 Å². The molecule has 1 atom stereocenters. The third kappa shape index (κ3) is 6.25. The molecular weight excluding hydrogens is 340 g/mol. The Labute approximate surface area is 161 Å². The molecule has 27 heavy (non-hydrogen) atoms. The maximum absolute atomic E-state index is 5.92. The molecule has 2 N–H and O–H groups in total. The van der Waals surface area contributed by atoms with Gasteiger partial charge >= 0.3 is 0 Å². The Morgan fingerprint density at radius 2 is 2.11 bits per heavy atom. The molecule has 0 saturated carbocycles. The number of aromatic nitrogens is 1. The Morgan fingerprint density at radius 1 is 1.22 bits per heavy atom. The molecule has 1 aromatic heterocycles. The quantitative estimate of drug-likeness (QED) is 0.554. The summed E-state index contributed by atoms with van der Waals surface area (Å²) in [5, 5.41) is 6.64. The molecule has 2 heterocycles. The normalized spacial score (nSPS) is 16.9. The van der Waals surface area contributed by atoms with E-state index in [0.717, 1.165) is 49.6 Å². The molecule has 1 aliphatic heterocycles. The number of nitrogens with zero attached hydrogens (tertiary/aromatic N) is 2. The van der Waals surface area contributed by atoms with E-state index in [1.165, 1.54) is 0 Å². The standard InChI is InChI=1S/C21H28N4O2/c1-2-22-21(25-15-19-11-7-13-26-19)24-14-18-10-6-12-23-20(18)27-16-17-8-4-3-5-9-17/h3-6,8-10,12,19H,2,7,11,13-16H2,1H3,(H2,22,24,25). The highest BCUT2D eigenvalue weighted by molar-refractivity contribution is 5.79. The molecule has 0 aliphatic carbocycles. The SMILES string of the molecule is CCNC(=NCc1cccnc1OCc1ccccc1)NCC1CCCO1. The van der Waals surface area contributed by atoms with Gasteiger partial charge in [0, 0.05) is 31.5 Å². The van der Waals surface area contributed by atoms with E-state index in [2.05, 4.69) is 27.5 Å². The van der Waals surface area contributed by atoms with Gasteiger partial charge in [0.1, 0.15) is 6.61 Å². The second-order valence-corrected chi connectivity index (χ2v) is 6.45. The average Bonchev–Trinajstić information content (AvgIpc) is 3.23. The first-order valence-corrected chi connectivity index (χ1v) is 9.59. The molecule has 0 amide bonds. The highest BCUT2D eigenvalue weighted by atomic mass is 16.5. The summed E-state index contributed by atoms with van der Waals surface area (Å²) in [5.74, 6) is 1.41. The smallest absolute Gasteiger partial charge is 0.218 e. The van der Waals surface area contributed by atoms with Crippen molar-refractivity contribution in [1.29, 1.82) is 0 Å². The zero-order valence-corrected chi connectivity index (χ0v) is 15.9. The van der Waals surface area contributed by atoms with E-state index in [-0.39, 0.29) is 6.10 Å². The highest BCUT2D eigenvalue weighted by Crippen LogP contribution is 2.17. The molecule has 144 valence electrons. The van der Waals surface area contributed by atoms with E-state index in [9.17, 15) is 0 Å². The summed E-state index contributed by atoms with van der Waals surface area (Å²) in [7, 11) is 0. The van der Waals surface area contributed by atoms with E-state index >= 15 is 0 Å². The summed E-state index contributed by atoms with van der Waals surface area (Å²) in [5.41, 5.74) is 2.08. The maximum Gasteiger partial charge on any atom is 0.218 e. The Kier molecular flexibility index (Phi) is 7.47. The number of hydrogen-bond acceptors (Lipinski definition) is 4. The Balaban J connectivity index is 1.59. The Morgan fingerprint density at radius 3 is 2.89 bits per heavy atom. The van der Waals surface area contributed by atoms with Gasteiger partial charge in [-0.2, -0.15) is 0 Å². The minimum absolute atomic E-state index is 0.275. The second kappa shape index (κ2) is 10.5. The van der Waals surface area contributed by atoms with Gasteiger partial charge in [0.25, 0.3) is 0 Å². The second-order valence-electron chi connectivity index (χ2n) is 6.45. The van der Waals surface area contributed by atoms with Crippen LogP contribution in [0.2, 0.25) is 0 Å². The fourth-order valence-corrected chi connectivity index (χ4v) is 2.92. The fourth-order valence-electron chi connectivity index (χ4n) is 2.92. The summed E-state index contributed by atoms with van der Waals surface area (Å²) < 4.78 is 11.6. The number of rotatable bonds is 8. The molecule has 6 heteroatoms. The van der Waals surface area contributed by atoms with Gasteiger partial charge in [0.15, 0.2) is 5.96 Å². The molecule has 1 aliphatic rings. The van der Waals surface area contributed by atoms with Crippen molar-refractivity contribution in [2.45, 2.75) is 39.0 Å². The van der Waals surface area contributed by atoms with Crippen LogP contribution in [0.5, 0.6) is 5.88 Å². The summed E-state index contributed by atoms with van der Waals surface area (Å²) in [6.45, 7) is 5.49. The van der Waals surface area contributed by atoms with E-state index in [0.29, 0.717) is 19.0 Å². The van der Waals surface area contributed by atoms with Crippen LogP contribution in [0.1, 0.15) is 30.9 Å². The van der Waals surface area contributed by atoms with Crippen LogP contribution in [0.25, 0.3) is 0 Å². The maximum atomic E-state index is 5.92. The van der Waals surface area contributed by atoms with Gasteiger partial charge in [-0.25, -0.2) is 9.98 Å². The van der Waals surface area contributed by atoms with Crippen LogP contribution in [0.4, 0.5) is 0 Å². The summed E-state index contributed by atoms with van der Waals surface area (Å²) in [6, 6.07) is 14.0. The van der Waals surface area contributed by atoms with Gasteiger partial charge in [-0.3, -0.25) is 0 Å². The highest BCUT2D eigenvalue weighted by Gasteiger charge is 2.15. The number of hydrogen-bond donors (Lipinski definition) is 2. The number of guanidine groups is 1. The van der Waals surface area contributed by atoms with Crippen molar-refractivity contribution in [3.8, 4) is 5.88 Å². The number of ether oxygens (including phenoxy) is 2. The van der Waals surface area contributed by atoms with Crippen LogP contribution in [0.15, 0.2) is 53.7 Å². The predicted molar refractivity (Wildman–Crippen MR) is 107 cm³/mol. The lowest BCUT2D eigenvalue weighted by Gasteiger charge is -2.15. The van der Waals surface area contributed by atoms with Gasteiger partial charge in [-0.15, -0.1) is 0 Å². The van der Waals surface area contributed by atoms with E-state index in [4.69, 9.17) is 9.47 Å². The lowest BCUT2D eigenvalue weighted by atomic mass is 10.2. The number of nitrogens with one attached hydrogen (secondary N) is 2. The molecule has 0 bridgehead atoms. The monoisotopic (exact) mass is 368 g/mol. The lowest BCUT2D eigenvalue weighted by molar-refractivity contribution is 0.114. The molecule has 6 nitrogen and oxygen atoms in total. The molecule has 0 radical (unpaired) electrons. The number of pyridine rings is 1. The van der Waals surface area contributed by atoms with Crippen molar-refractivity contribution in [1.82, 2.24) is 15.6 Å². The first-order chi connectivity index (χ1) is 13.3. The van der Waals surface area contributed by atoms with E-state index < -0.39 is 0 Å². The van der Waals surface area contributed by atoms with Crippen molar-refractivity contribution in [3.63, 3.8) is 0 Å². The lowest BCUT2D eigenvalue weighted by Crippen LogP contribution is -2.41. The Hall–Kier alpha value is -2.60. The molecular formula is C21H28N4O2. The van der Waals surface area contributed by atoms with E-state index in [1.807, 2.05) is 42.5 Å². The first kappa shape index (κ1) is 19.2. The van der Waals surface area contributed by atoms with Crippen molar-refractivity contribution in [2.75, 3.05) is 19.7 Å². The molecule has 0 spiro atoms. The molecule has 1 saturated heterocycles. The molecule has 3 rings (SSSR count). The minimum Gasteiger partial charge on any atom is -0.473 e. The van der Waals surface area contributed by atoms with Crippen LogP contribution in [-0.2, 0) is 17.9 Å². The fraction of sp³-hybridized carbons (Fsp3) is 0.429. The third-order valence-electron chi connectivity index (χ3n) is 4.34. The molecule has 2 aromatic rings. The van der Waals surface area contributed by atoms with Gasteiger partial charge in [0.05, 0.1) is 12.6 Å². The summed E-state index contributed by atoms with van der Waals surface area (Å²) in [4.78, 5) is 9.05. The van der Waals surface area contributed by atoms with Crippen molar-refractivity contribution in [2.24, 2.45) is 4.99 Å². The average molecular weight is 368 g/mol. The molecule has 1 unspecified atom stereocenters. The van der Waals surface area contributed by atoms with Crippen LogP contribution in [0.3, 0.4) is 0 Å². The van der Waals surface area contributed by atoms with Gasteiger partial charge in [-0.1, -0.05) is 36.4 Å². The first-order valence-electron chi connectivity index (χ1n) is 9.59. The van der Waals surface area contributed by atoms with E-state index in [1.54, 1.807) is 6.20 Å². The summed E-state index contributed by atoms with van der Waals surface area (Å²) >= 11 is 0. The van der Waals surface area contributed by atoms with Crippen LogP contribution in [-0.4, -0.2) is 36.7 Å². The topological polar surface area (TPSA) is 67.8 Å². The number of benzene rings is 1. The number of aliphatic imine (C=N–C) groups is 1. The van der Waals surface area contributed by atoms with Gasteiger partial charge in [-0.05, 0) is 31.4 Å². The van der Waals surface area contributed by atoms with Crippen LogP contribution < -0.4 is 15.4 Å². The Bertz CT molecular complexity index is 715. The van der Waals surface area contributed by atoms with Crippen molar-refractivity contribution in [3.05, 3.63) is 59.8 Å².